The van der Waals surface area contributed by atoms with Crippen molar-refractivity contribution in [1.82, 2.24) is 4.57 Å². The SMILES string of the molecule is O=c1c(Br)cc(Br)cn1C/C=C/c1ccccc1. The smallest absolute Gasteiger partial charge is 0.265 e. The van der Waals surface area contributed by atoms with E-state index in [0.717, 1.165) is 10.0 Å². The van der Waals surface area contributed by atoms with Crippen molar-refractivity contribution < 1.29 is 0 Å². The van der Waals surface area contributed by atoms with E-state index in [-0.39, 0.29) is 5.56 Å². The van der Waals surface area contributed by atoms with Crippen molar-refractivity contribution >= 4 is 37.9 Å². The minimum Gasteiger partial charge on any atom is -0.310 e. The molecule has 2 aromatic rings. The zero-order chi connectivity index (χ0) is 13.0. The molecule has 18 heavy (non-hydrogen) atoms. The summed E-state index contributed by atoms with van der Waals surface area (Å²) < 4.78 is 3.08. The van der Waals surface area contributed by atoms with Crippen molar-refractivity contribution in [3.05, 3.63) is 73.5 Å². The van der Waals surface area contributed by atoms with Gasteiger partial charge >= 0.3 is 0 Å². The third-order valence-electron chi connectivity index (χ3n) is 2.42. The molecule has 0 amide bonds. The molecule has 92 valence electrons. The summed E-state index contributed by atoms with van der Waals surface area (Å²) in [5, 5.41) is 0. The second-order valence-electron chi connectivity index (χ2n) is 3.78. The van der Waals surface area contributed by atoms with Crippen LogP contribution in [0, 0.1) is 0 Å². The monoisotopic (exact) mass is 367 g/mol. The molecule has 0 fully saturated rings. The van der Waals surface area contributed by atoms with Gasteiger partial charge in [0.2, 0.25) is 0 Å². The lowest BCUT2D eigenvalue weighted by atomic mass is 10.2. The molecule has 0 aliphatic heterocycles. The first-order chi connectivity index (χ1) is 8.66. The van der Waals surface area contributed by atoms with E-state index >= 15 is 0 Å². The van der Waals surface area contributed by atoms with Gasteiger partial charge in [-0.15, -0.1) is 0 Å². The van der Waals surface area contributed by atoms with Crippen LogP contribution in [0.5, 0.6) is 0 Å². The lowest BCUT2D eigenvalue weighted by molar-refractivity contribution is 0.772. The van der Waals surface area contributed by atoms with Crippen LogP contribution in [0.25, 0.3) is 6.08 Å². The number of pyridine rings is 1. The normalized spacial score (nSPS) is 11.0. The van der Waals surface area contributed by atoms with Crippen LogP contribution in [-0.2, 0) is 6.54 Å². The Bertz CT molecular complexity index is 617. The molecule has 1 aromatic carbocycles. The second-order valence-corrected chi connectivity index (χ2v) is 5.55. The largest absolute Gasteiger partial charge is 0.310 e. The Balaban J connectivity index is 2.16. The quantitative estimate of drug-likeness (QED) is 0.799. The number of aromatic nitrogens is 1. The first-order valence-corrected chi connectivity index (χ1v) is 7.02. The topological polar surface area (TPSA) is 22.0 Å². The van der Waals surface area contributed by atoms with E-state index in [1.807, 2.05) is 42.5 Å². The molecule has 0 radical (unpaired) electrons. The van der Waals surface area contributed by atoms with Crippen molar-refractivity contribution in [3.63, 3.8) is 0 Å². The van der Waals surface area contributed by atoms with Crippen LogP contribution in [0.4, 0.5) is 0 Å². The zero-order valence-corrected chi connectivity index (χ0v) is 12.7. The predicted molar refractivity (Wildman–Crippen MR) is 81.6 cm³/mol. The highest BCUT2D eigenvalue weighted by Gasteiger charge is 2.01. The summed E-state index contributed by atoms with van der Waals surface area (Å²) in [5.41, 5.74) is 1.09. The van der Waals surface area contributed by atoms with Crippen LogP contribution in [-0.4, -0.2) is 4.57 Å². The maximum atomic E-state index is 11.8. The molecule has 2 nitrogen and oxygen atoms in total. The molecule has 2 rings (SSSR count). The molecule has 1 aromatic heterocycles. The van der Waals surface area contributed by atoms with Crippen molar-refractivity contribution in [2.24, 2.45) is 0 Å². The number of nitrogens with zero attached hydrogens (tertiary/aromatic N) is 1. The molecule has 4 heteroatoms. The van der Waals surface area contributed by atoms with Crippen LogP contribution in [0.15, 0.2) is 62.4 Å². The third kappa shape index (κ3) is 3.43. The lowest BCUT2D eigenvalue weighted by Crippen LogP contribution is -2.19. The van der Waals surface area contributed by atoms with Gasteiger partial charge in [0.1, 0.15) is 0 Å². The minimum absolute atomic E-state index is 0.0316. The van der Waals surface area contributed by atoms with Gasteiger partial charge in [0.15, 0.2) is 0 Å². The molecule has 0 bridgehead atoms. The van der Waals surface area contributed by atoms with E-state index < -0.39 is 0 Å². The molecule has 0 aliphatic rings. The zero-order valence-electron chi connectivity index (χ0n) is 9.51. The Kier molecular flexibility index (Phi) is 4.55. The second kappa shape index (κ2) is 6.16. The van der Waals surface area contributed by atoms with Gasteiger partial charge in [-0.1, -0.05) is 42.5 Å². The van der Waals surface area contributed by atoms with Crippen molar-refractivity contribution in [2.45, 2.75) is 6.54 Å². The van der Waals surface area contributed by atoms with E-state index in [9.17, 15) is 4.79 Å². The number of hydrogen-bond donors (Lipinski definition) is 0. The Morgan fingerprint density at radius 3 is 2.61 bits per heavy atom. The third-order valence-corrected chi connectivity index (χ3v) is 3.42. The lowest BCUT2D eigenvalue weighted by Gasteiger charge is -2.03. The summed E-state index contributed by atoms with van der Waals surface area (Å²) in [5.74, 6) is 0. The molecule has 0 spiro atoms. The molecule has 0 saturated heterocycles. The van der Waals surface area contributed by atoms with Gasteiger partial charge in [0.25, 0.3) is 5.56 Å². The molecular formula is C14H11Br2NO. The first kappa shape index (κ1) is 13.3. The summed E-state index contributed by atoms with van der Waals surface area (Å²) in [7, 11) is 0. The highest BCUT2D eigenvalue weighted by molar-refractivity contribution is 9.11. The average molecular weight is 369 g/mol. The van der Waals surface area contributed by atoms with Gasteiger partial charge in [-0.3, -0.25) is 4.79 Å². The van der Waals surface area contributed by atoms with Gasteiger partial charge in [-0.25, -0.2) is 0 Å². The van der Waals surface area contributed by atoms with Gasteiger partial charge in [-0.2, -0.15) is 0 Å². The molecule has 0 N–H and O–H groups in total. The summed E-state index contributed by atoms with van der Waals surface area (Å²) in [4.78, 5) is 11.8. The standard InChI is InChI=1S/C14H11Br2NO/c15-12-9-13(16)14(18)17(10-12)8-4-7-11-5-2-1-3-6-11/h1-7,9-10H,8H2/b7-4+. The van der Waals surface area contributed by atoms with Crippen molar-refractivity contribution in [2.75, 3.05) is 0 Å². The Morgan fingerprint density at radius 1 is 1.17 bits per heavy atom. The van der Waals surface area contributed by atoms with E-state index in [1.165, 1.54) is 0 Å². The number of benzene rings is 1. The van der Waals surface area contributed by atoms with Crippen LogP contribution in [0.1, 0.15) is 5.56 Å². The molecule has 0 aliphatic carbocycles. The summed E-state index contributed by atoms with van der Waals surface area (Å²) in [6.45, 7) is 0.547. The van der Waals surface area contributed by atoms with Crippen molar-refractivity contribution in [1.29, 1.82) is 0 Å². The number of rotatable bonds is 3. The molecular weight excluding hydrogens is 358 g/mol. The van der Waals surface area contributed by atoms with Gasteiger partial charge in [-0.05, 0) is 43.5 Å². The van der Waals surface area contributed by atoms with Crippen LogP contribution in [0.2, 0.25) is 0 Å². The van der Waals surface area contributed by atoms with E-state index in [0.29, 0.717) is 11.0 Å². The average Bonchev–Trinajstić information content (AvgIpc) is 2.36. The number of allylic oxidation sites excluding steroid dienone is 1. The van der Waals surface area contributed by atoms with Gasteiger partial charge < -0.3 is 4.57 Å². The highest BCUT2D eigenvalue weighted by atomic mass is 79.9. The fourth-order valence-corrected chi connectivity index (χ4v) is 2.82. The maximum absolute atomic E-state index is 11.8. The Morgan fingerprint density at radius 2 is 1.89 bits per heavy atom. The van der Waals surface area contributed by atoms with Crippen LogP contribution < -0.4 is 5.56 Å². The minimum atomic E-state index is -0.0316. The van der Waals surface area contributed by atoms with Gasteiger partial charge in [0.05, 0.1) is 4.47 Å². The summed E-state index contributed by atoms with van der Waals surface area (Å²) in [6, 6.07) is 11.8. The van der Waals surface area contributed by atoms with Crippen molar-refractivity contribution in [3.8, 4) is 0 Å². The molecule has 1 heterocycles. The molecule has 0 unspecified atom stereocenters. The molecule has 0 saturated carbocycles. The highest BCUT2D eigenvalue weighted by Crippen LogP contribution is 2.12. The van der Waals surface area contributed by atoms with Crippen LogP contribution in [0.3, 0.4) is 0 Å². The predicted octanol–water partition coefficient (Wildman–Crippen LogP) is 4.09. The fourth-order valence-electron chi connectivity index (χ4n) is 1.57. The summed E-state index contributed by atoms with van der Waals surface area (Å²) >= 11 is 6.62. The first-order valence-electron chi connectivity index (χ1n) is 5.44. The van der Waals surface area contributed by atoms with E-state index in [2.05, 4.69) is 31.9 Å². The number of halogens is 2. The Hall–Kier alpha value is -1.13. The summed E-state index contributed by atoms with van der Waals surface area (Å²) in [6.07, 6.45) is 5.75. The van der Waals surface area contributed by atoms with E-state index in [4.69, 9.17) is 0 Å². The van der Waals surface area contributed by atoms with E-state index in [1.54, 1.807) is 16.8 Å². The maximum Gasteiger partial charge on any atom is 0.265 e. The Labute approximate surface area is 122 Å². The van der Waals surface area contributed by atoms with Crippen LogP contribution >= 0.6 is 31.9 Å². The van der Waals surface area contributed by atoms with Gasteiger partial charge in [0, 0.05) is 17.2 Å². The number of hydrogen-bond acceptors (Lipinski definition) is 1. The fraction of sp³-hybridized carbons (Fsp3) is 0.0714. The molecule has 0 atom stereocenters.